The molecule has 0 aromatic rings. The minimum absolute atomic E-state index is 0.900. The summed E-state index contributed by atoms with van der Waals surface area (Å²) in [6.45, 7) is -1.53. The number of carbonyl (C=O) groups excluding carboxylic acids is 3. The third kappa shape index (κ3) is 15.5. The van der Waals surface area contributed by atoms with E-state index in [2.05, 4.69) is 16.0 Å². The zero-order valence-corrected chi connectivity index (χ0v) is 47.2. The number of carboxylic acid groups (broad SMARTS) is 3. The lowest BCUT2D eigenvalue weighted by Gasteiger charge is -2.51. The summed E-state index contributed by atoms with van der Waals surface area (Å²) in [6.07, 6.45) is -75.4. The van der Waals surface area contributed by atoms with Gasteiger partial charge in [0.15, 0.2) is 62.3 Å². The third-order valence-electron chi connectivity index (χ3n) is 15.7. The lowest BCUT2D eigenvalue weighted by molar-refractivity contribution is -0.412. The number of aliphatic hydroxyl groups is 17. The van der Waals surface area contributed by atoms with Crippen molar-refractivity contribution in [1.82, 2.24) is 16.0 Å². The highest BCUT2D eigenvalue weighted by Crippen LogP contribution is 2.40. The highest BCUT2D eigenvalue weighted by molar-refractivity contribution is 5.75. The van der Waals surface area contributed by atoms with E-state index in [9.17, 15) is 131 Å². The van der Waals surface area contributed by atoms with Gasteiger partial charge in [0, 0.05) is 20.8 Å². The van der Waals surface area contributed by atoms with E-state index < -0.39 is 277 Å². The number of carboxylic acids is 3. The van der Waals surface area contributed by atoms with Crippen LogP contribution < -0.4 is 16.0 Å². The predicted octanol–water partition coefficient (Wildman–Crippen LogP) is -15.6. The van der Waals surface area contributed by atoms with Crippen molar-refractivity contribution in [2.24, 2.45) is 0 Å². The van der Waals surface area contributed by atoms with E-state index in [-0.39, 0.29) is 0 Å². The number of carbonyl (C=O) groups is 6. The van der Waals surface area contributed by atoms with Gasteiger partial charge in [-0.3, -0.25) is 14.4 Å². The Morgan fingerprint density at radius 3 is 0.867 bits per heavy atom. The maximum Gasteiger partial charge on any atom is 0.335 e. The summed E-state index contributed by atoms with van der Waals surface area (Å²) in [5, 5.41) is 225. The smallest absolute Gasteiger partial charge is 0.335 e. The molecule has 42 heteroatoms. The molecule has 516 valence electrons. The van der Waals surface area contributed by atoms with Crippen LogP contribution in [0.4, 0.5) is 0 Å². The highest BCUT2D eigenvalue weighted by atomic mass is 16.8. The fourth-order valence-electron chi connectivity index (χ4n) is 11.1. The van der Waals surface area contributed by atoms with Crippen LogP contribution in [0.25, 0.3) is 0 Å². The topological polar surface area (TPSA) is 663 Å². The molecule has 7 aliphatic rings. The molecular formula is C48H75N3O39. The Bertz CT molecular complexity index is 2440. The monoisotopic (exact) mass is 1320 g/mol. The molecule has 0 aliphatic carbocycles. The maximum absolute atomic E-state index is 13.4. The average Bonchev–Trinajstić information content (AvgIpc) is 0.772. The van der Waals surface area contributed by atoms with Crippen LogP contribution in [0.3, 0.4) is 0 Å². The molecule has 42 nitrogen and oxygen atoms in total. The van der Waals surface area contributed by atoms with E-state index in [4.69, 9.17) is 61.6 Å². The summed E-state index contributed by atoms with van der Waals surface area (Å²) in [4.78, 5) is 76.7. The van der Waals surface area contributed by atoms with Gasteiger partial charge in [-0.1, -0.05) is 0 Å². The molecule has 7 heterocycles. The van der Waals surface area contributed by atoms with Crippen LogP contribution in [0, 0.1) is 0 Å². The van der Waals surface area contributed by atoms with Gasteiger partial charge >= 0.3 is 17.9 Å². The number of aliphatic hydroxyl groups excluding tert-OH is 17. The zero-order valence-electron chi connectivity index (χ0n) is 47.2. The Morgan fingerprint density at radius 2 is 0.556 bits per heavy atom. The van der Waals surface area contributed by atoms with Crippen LogP contribution in [0.15, 0.2) is 0 Å². The first-order chi connectivity index (χ1) is 42.3. The predicted molar refractivity (Wildman–Crippen MR) is 268 cm³/mol. The standard InChI is InChI=1S/C48H75N3O39/c1-8(56)49-15-22(63)18(59)12(5-53)79-43(15)82-30-26(67)27(68)46(88-36(30)39(71)72)86-34-28(69)31(83-44-16(50-9(2)57)23(64)19(60)13(6-54)80-44)38(41(75)76)90-48(34)87-35-29(70)32(84-45-17(51-10(3)58)24(65)20(61)14(7-55)81-45)37(40(73)74)89-47(35)85-33-25(66)21(62)11(4-52)78-42(33)77/h11-38,42-48,52-55,59-70,77H,4-7H2,1-3H3,(H,49,56)(H,50,57)(H,51,58)(H,71,72)(H,73,74)(H,75,76)/t11-,12-,13-,14-,15-,16-,17-,18-,19-,20-,21+,22-,23-,24-,25+,26-,27-,28+,29+,30+,31+,32+,33-,34-,35-,36+,37+,38+,42+,43-,44-,45-,46+,47+,48+/m1/s1. The van der Waals surface area contributed by atoms with E-state index in [0.717, 1.165) is 20.8 Å². The molecule has 0 aromatic heterocycles. The second-order valence-electron chi connectivity index (χ2n) is 21.9. The van der Waals surface area contributed by atoms with Crippen molar-refractivity contribution in [2.45, 2.75) is 236 Å². The molecule has 7 fully saturated rings. The van der Waals surface area contributed by atoms with E-state index in [0.29, 0.717) is 0 Å². The molecule has 7 aliphatic heterocycles. The normalized spacial score (nSPS) is 47.5. The molecule has 90 heavy (non-hydrogen) atoms. The Balaban J connectivity index is 1.33. The molecule has 0 spiro atoms. The quantitative estimate of drug-likeness (QED) is 0.0479. The summed E-state index contributed by atoms with van der Waals surface area (Å²) in [7, 11) is 0. The zero-order chi connectivity index (χ0) is 66.8. The van der Waals surface area contributed by atoms with E-state index >= 15 is 0 Å². The fourth-order valence-corrected chi connectivity index (χ4v) is 11.1. The van der Waals surface area contributed by atoms with Gasteiger partial charge in [-0.25, -0.2) is 14.4 Å². The van der Waals surface area contributed by atoms with Gasteiger partial charge in [0.25, 0.3) is 0 Å². The molecule has 0 bridgehead atoms. The first kappa shape index (κ1) is 73.0. The van der Waals surface area contributed by atoms with Crippen LogP contribution in [0.1, 0.15) is 20.8 Å². The number of ether oxygens (including phenoxy) is 13. The SMILES string of the molecule is CC(=O)N[C@H]1[C@@H](O[C@H]2[C@H](O)[C@@H](O)[C@@H](O[C@H]3[C@@H](O[C@H]4[C@@H](O[C@@H]5[C@@H](O)[C@@H](O)[C@@H](CO)O[C@@H]5O)O[C@H](C(=O)O)[C@@H](O[C@H]5O[C@H](CO)[C@@H](O)[C@H](O)[C@H]5NC(C)=O)[C@@H]4O)O[C@H](C(=O)O)[C@@H](O[C@H]4O[C@H](CO)[C@@H](O)[C@H](O)[C@H]4NC(C)=O)[C@@H]3O)O[C@@H]2C(=O)O)O[C@H](CO)[C@@H](O)[C@@H]1O. The van der Waals surface area contributed by atoms with Gasteiger partial charge < -0.3 is 180 Å². The Labute approximate surface area is 505 Å². The molecule has 7 saturated heterocycles. The van der Waals surface area contributed by atoms with E-state index in [1.165, 1.54) is 0 Å². The highest BCUT2D eigenvalue weighted by Gasteiger charge is 2.62. The number of nitrogens with one attached hydrogen (secondary N) is 3. The summed E-state index contributed by atoms with van der Waals surface area (Å²) in [5.41, 5.74) is 0. The van der Waals surface area contributed by atoms with Gasteiger partial charge in [0.05, 0.1) is 26.4 Å². The molecule has 0 saturated carbocycles. The first-order valence-electron chi connectivity index (χ1n) is 27.6. The lowest BCUT2D eigenvalue weighted by Crippen LogP contribution is -2.71. The molecule has 3 amide bonds. The van der Waals surface area contributed by atoms with Crippen LogP contribution >= 0.6 is 0 Å². The molecule has 0 radical (unpaired) electrons. The minimum atomic E-state index is -2.86. The van der Waals surface area contributed by atoms with Crippen LogP contribution in [0.2, 0.25) is 0 Å². The Hall–Kier alpha value is -4.38. The molecule has 35 atom stereocenters. The van der Waals surface area contributed by atoms with Crippen LogP contribution in [-0.2, 0) is 90.3 Å². The molecular weight excluding hydrogens is 1240 g/mol. The summed E-state index contributed by atoms with van der Waals surface area (Å²) >= 11 is 0. The van der Waals surface area contributed by atoms with E-state index in [1.54, 1.807) is 0 Å². The Kier molecular flexibility index (Phi) is 25.0. The van der Waals surface area contributed by atoms with Crippen LogP contribution in [-0.4, -0.2) is 379 Å². The van der Waals surface area contributed by atoms with Gasteiger partial charge in [-0.05, 0) is 0 Å². The Morgan fingerprint density at radius 1 is 0.300 bits per heavy atom. The first-order valence-corrected chi connectivity index (χ1v) is 27.6. The maximum atomic E-state index is 13.4. The van der Waals surface area contributed by atoms with Crippen molar-refractivity contribution >= 4 is 35.6 Å². The van der Waals surface area contributed by atoms with Gasteiger partial charge in [0.2, 0.25) is 17.7 Å². The van der Waals surface area contributed by atoms with Crippen LogP contribution in [0.5, 0.6) is 0 Å². The fraction of sp³-hybridized carbons (Fsp3) is 0.875. The van der Waals surface area contributed by atoms with E-state index in [1.807, 2.05) is 0 Å². The average molecular weight is 1320 g/mol. The van der Waals surface area contributed by atoms with Gasteiger partial charge in [-0.15, -0.1) is 0 Å². The van der Waals surface area contributed by atoms with Gasteiger partial charge in [0.1, 0.15) is 152 Å². The molecule has 7 rings (SSSR count). The van der Waals surface area contributed by atoms with Gasteiger partial charge in [-0.2, -0.15) is 0 Å². The number of hydrogen-bond acceptors (Lipinski definition) is 36. The molecule has 23 N–H and O–H groups in total. The van der Waals surface area contributed by atoms with Crippen molar-refractivity contribution in [3.05, 3.63) is 0 Å². The summed E-state index contributed by atoms with van der Waals surface area (Å²) in [6, 6.07) is -5.66. The van der Waals surface area contributed by atoms with Crippen molar-refractivity contribution < 1.29 is 192 Å². The number of aliphatic carboxylic acids is 3. The summed E-state index contributed by atoms with van der Waals surface area (Å²) in [5.74, 6) is -9.16. The summed E-state index contributed by atoms with van der Waals surface area (Å²) < 4.78 is 74.0. The molecule has 0 aromatic carbocycles. The third-order valence-corrected chi connectivity index (χ3v) is 15.7. The second kappa shape index (κ2) is 30.8. The number of amides is 3. The lowest BCUT2D eigenvalue weighted by atomic mass is 9.94. The molecule has 0 unspecified atom stereocenters. The largest absolute Gasteiger partial charge is 0.479 e. The van der Waals surface area contributed by atoms with Crippen molar-refractivity contribution in [2.75, 3.05) is 26.4 Å². The minimum Gasteiger partial charge on any atom is -0.479 e. The number of hydrogen-bond donors (Lipinski definition) is 23. The van der Waals surface area contributed by atoms with Crippen molar-refractivity contribution in [3.63, 3.8) is 0 Å². The van der Waals surface area contributed by atoms with Crippen molar-refractivity contribution in [1.29, 1.82) is 0 Å². The van der Waals surface area contributed by atoms with Crippen molar-refractivity contribution in [3.8, 4) is 0 Å². The second-order valence-corrected chi connectivity index (χ2v) is 21.9. The number of rotatable bonds is 22.